The topological polar surface area (TPSA) is 87.2 Å². The molecule has 0 aliphatic carbocycles. The molecule has 0 atom stereocenters. The van der Waals surface area contributed by atoms with E-state index in [1.54, 1.807) is 18.2 Å². The van der Waals surface area contributed by atoms with E-state index in [0.29, 0.717) is 0 Å². The van der Waals surface area contributed by atoms with E-state index in [4.69, 9.17) is 0 Å². The molecule has 0 heterocycles. The van der Waals surface area contributed by atoms with Crippen LogP contribution < -0.4 is 0 Å². The Bertz CT molecular complexity index is 580. The monoisotopic (exact) mass is 251 g/mol. The zero-order chi connectivity index (χ0) is 10.2. The third-order valence-corrected chi connectivity index (χ3v) is 2.84. The van der Waals surface area contributed by atoms with Gasteiger partial charge >= 0.3 is 17.4 Å². The van der Waals surface area contributed by atoms with Crippen LogP contribution in [0, 0.1) is 0 Å². The normalized spacial score (nSPS) is 10.3. The van der Waals surface area contributed by atoms with Gasteiger partial charge in [0.05, 0.1) is 4.90 Å². The van der Waals surface area contributed by atoms with Crippen molar-refractivity contribution in [2.45, 2.75) is 4.90 Å². The molecule has 0 aliphatic rings. The fourth-order valence-corrected chi connectivity index (χ4v) is 1.83. The molecule has 16 heavy (non-hydrogen) atoms. The van der Waals surface area contributed by atoms with E-state index in [1.807, 2.05) is 12.1 Å². The van der Waals surface area contributed by atoms with Gasteiger partial charge in [-0.05, 0) is 22.9 Å². The molecule has 0 saturated heterocycles. The van der Waals surface area contributed by atoms with E-state index < -0.39 is 10.1 Å². The van der Waals surface area contributed by atoms with Gasteiger partial charge in [0, 0.05) is 0 Å². The van der Waals surface area contributed by atoms with Gasteiger partial charge in [-0.15, -0.1) is 0 Å². The van der Waals surface area contributed by atoms with Gasteiger partial charge < -0.3 is 10.0 Å². The van der Waals surface area contributed by atoms with Gasteiger partial charge in [0.2, 0.25) is 0 Å². The fourth-order valence-electron chi connectivity index (χ4n) is 1.32. The summed E-state index contributed by atoms with van der Waals surface area (Å²) in [6.07, 6.45) is 0. The first kappa shape index (κ1) is 15.1. The Morgan fingerprint density at radius 1 is 0.938 bits per heavy atom. The summed E-state index contributed by atoms with van der Waals surface area (Å²) < 4.78 is 32.2. The summed E-state index contributed by atoms with van der Waals surface area (Å²) in [6.45, 7) is 0. The molecule has 2 aromatic carbocycles. The van der Waals surface area contributed by atoms with Gasteiger partial charge in [0.15, 0.2) is 0 Å². The summed E-state index contributed by atoms with van der Waals surface area (Å²) >= 11 is 0. The Morgan fingerprint density at radius 2 is 1.50 bits per heavy atom. The Kier molecular flexibility index (Phi) is 5.13. The van der Waals surface area contributed by atoms with Crippen LogP contribution in [0.2, 0.25) is 0 Å². The number of hydrogen-bond acceptors (Lipinski definition) is 4. The van der Waals surface area contributed by atoms with Crippen molar-refractivity contribution in [2.75, 3.05) is 0 Å². The molecular weight excluding hydrogens is 243 g/mol. The van der Waals surface area contributed by atoms with Crippen molar-refractivity contribution in [1.29, 1.82) is 0 Å². The van der Waals surface area contributed by atoms with E-state index in [9.17, 15) is 13.0 Å². The molecule has 81 valence electrons. The largest absolute Gasteiger partial charge is 2.00 e. The predicted molar refractivity (Wildman–Crippen MR) is 59.6 cm³/mol. The summed E-state index contributed by atoms with van der Waals surface area (Å²) in [7, 11) is -4.34. The van der Waals surface area contributed by atoms with Crippen LogP contribution in [0.3, 0.4) is 0 Å². The van der Waals surface area contributed by atoms with E-state index in [2.05, 4.69) is 0 Å². The first-order chi connectivity index (χ1) is 6.57. The Labute approximate surface area is 104 Å². The van der Waals surface area contributed by atoms with Crippen LogP contribution in [-0.4, -0.2) is 35.8 Å². The minimum Gasteiger partial charge on any atom is -0.870 e. The van der Waals surface area contributed by atoms with Gasteiger partial charge in [0.1, 0.15) is 10.1 Å². The van der Waals surface area contributed by atoms with Crippen molar-refractivity contribution >= 4 is 38.3 Å². The van der Waals surface area contributed by atoms with E-state index >= 15 is 0 Å². The first-order valence-electron chi connectivity index (χ1n) is 4.02. The van der Waals surface area contributed by atoms with Gasteiger partial charge in [-0.25, -0.2) is 8.42 Å². The van der Waals surface area contributed by atoms with Gasteiger partial charge in [-0.1, -0.05) is 30.3 Å². The molecule has 1 N–H and O–H groups in total. The van der Waals surface area contributed by atoms with E-state index in [1.165, 1.54) is 12.1 Å². The Hall–Kier alpha value is -0.898. The minimum atomic E-state index is -4.34. The molecule has 0 unspecified atom stereocenters. The smallest absolute Gasteiger partial charge is 0.870 e. The van der Waals surface area contributed by atoms with Crippen LogP contribution in [0.25, 0.3) is 10.8 Å². The van der Waals surface area contributed by atoms with E-state index in [-0.39, 0.29) is 27.7 Å². The molecule has 0 aliphatic heterocycles. The van der Waals surface area contributed by atoms with Crippen LogP contribution in [0.1, 0.15) is 0 Å². The average molecular weight is 251 g/mol. The van der Waals surface area contributed by atoms with Crippen molar-refractivity contribution in [2.24, 2.45) is 0 Å². The standard InChI is InChI=1S/C10H8O3S.Al.H2O/c11-14(12,13)10-6-5-8-3-1-2-4-9(8)7-10;;/h1-7H,(H,11,12,13);;1H2/q;+2;/p-2. The van der Waals surface area contributed by atoms with Crippen molar-refractivity contribution in [1.82, 2.24) is 0 Å². The van der Waals surface area contributed by atoms with Crippen molar-refractivity contribution in [3.63, 3.8) is 0 Å². The summed E-state index contributed by atoms with van der Waals surface area (Å²) in [5, 5.41) is 1.67. The van der Waals surface area contributed by atoms with Crippen molar-refractivity contribution in [3.8, 4) is 0 Å². The maximum atomic E-state index is 10.7. The molecule has 2 rings (SSSR count). The van der Waals surface area contributed by atoms with Crippen LogP contribution in [0.15, 0.2) is 47.4 Å². The number of rotatable bonds is 1. The number of hydrogen-bond donors (Lipinski definition) is 0. The second-order valence-corrected chi connectivity index (χ2v) is 4.34. The minimum absolute atomic E-state index is 0. The summed E-state index contributed by atoms with van der Waals surface area (Å²) in [5.41, 5.74) is 0. The molecule has 0 fully saturated rings. The SMILES string of the molecule is O=S(=O)([O-])c1ccc2ccccc2c1.[Al+2].[OH-]. The Balaban J connectivity index is 0.00000112. The zero-order valence-corrected chi connectivity index (χ0v) is 10.2. The van der Waals surface area contributed by atoms with Crippen LogP contribution >= 0.6 is 0 Å². The van der Waals surface area contributed by atoms with Gasteiger partial charge in [-0.3, -0.25) is 0 Å². The third-order valence-electron chi connectivity index (χ3n) is 2.01. The van der Waals surface area contributed by atoms with Gasteiger partial charge in [-0.2, -0.15) is 0 Å². The zero-order valence-electron chi connectivity index (χ0n) is 8.20. The maximum Gasteiger partial charge on any atom is 2.00 e. The summed E-state index contributed by atoms with van der Waals surface area (Å²) in [5.74, 6) is 0. The molecule has 4 nitrogen and oxygen atoms in total. The molecule has 0 bridgehead atoms. The quantitative estimate of drug-likeness (QED) is 0.562. The summed E-state index contributed by atoms with van der Waals surface area (Å²) in [6, 6.07) is 11.6. The van der Waals surface area contributed by atoms with Crippen molar-refractivity contribution < 1.29 is 18.4 Å². The molecule has 0 saturated carbocycles. The molecule has 0 amide bonds. The molecule has 0 aromatic heterocycles. The second kappa shape index (κ2) is 5.44. The van der Waals surface area contributed by atoms with Gasteiger partial charge in [0.25, 0.3) is 0 Å². The van der Waals surface area contributed by atoms with Crippen LogP contribution in [-0.2, 0) is 10.1 Å². The molecule has 2 aromatic rings. The fraction of sp³-hybridized carbons (Fsp3) is 0. The maximum absolute atomic E-state index is 10.7. The molecule has 0 spiro atoms. The first-order valence-corrected chi connectivity index (χ1v) is 5.43. The third kappa shape index (κ3) is 3.05. The van der Waals surface area contributed by atoms with Crippen LogP contribution in [0.5, 0.6) is 0 Å². The summed E-state index contributed by atoms with van der Waals surface area (Å²) in [4.78, 5) is -0.184. The molecule has 6 heteroatoms. The molecular formula is C10H8AlO4S. The predicted octanol–water partition coefficient (Wildman–Crippen LogP) is 1.19. The van der Waals surface area contributed by atoms with Crippen LogP contribution in [0.4, 0.5) is 0 Å². The number of benzene rings is 2. The molecule has 1 radical (unpaired) electrons. The van der Waals surface area contributed by atoms with Crippen molar-refractivity contribution in [3.05, 3.63) is 42.5 Å². The number of fused-ring (bicyclic) bond motifs is 1. The second-order valence-electron chi connectivity index (χ2n) is 2.96. The average Bonchev–Trinajstić information content (AvgIpc) is 2.16. The van der Waals surface area contributed by atoms with E-state index in [0.717, 1.165) is 10.8 Å². The Morgan fingerprint density at radius 3 is 2.06 bits per heavy atom.